The Labute approximate surface area is 228 Å². The number of esters is 1. The monoisotopic (exact) mass is 534 g/mol. The van der Waals surface area contributed by atoms with Gasteiger partial charge in [0.15, 0.2) is 6.10 Å². The number of hydrogen-bond donors (Lipinski definition) is 3. The van der Waals surface area contributed by atoms with Crippen molar-refractivity contribution >= 4 is 5.97 Å². The number of methoxy groups -OCH3 is 1. The summed E-state index contributed by atoms with van der Waals surface area (Å²) in [6.45, 7) is 13.9. The van der Waals surface area contributed by atoms with Gasteiger partial charge in [-0.25, -0.2) is 4.79 Å². The van der Waals surface area contributed by atoms with Crippen LogP contribution in [0.15, 0.2) is 23.8 Å². The molecule has 3 heterocycles. The first-order valence-electron chi connectivity index (χ1n) is 14.7. The Bertz CT molecular complexity index is 869. The van der Waals surface area contributed by atoms with Gasteiger partial charge >= 0.3 is 5.97 Å². The molecule has 4 rings (SSSR count). The molecule has 8 heteroatoms. The summed E-state index contributed by atoms with van der Waals surface area (Å²) in [5.74, 6) is -0.492. The SMILES string of the molecule is CO[C@H]1C[C@H]2C=C[C@@H]3C[C@]2(O[C@H]3[C@@H](NCCN2CCCC2)C(C)[C@H](C)O)/C(C)=C/[C@@H](C)[C@@H]([C@@H](C)O)OC1=O. The van der Waals surface area contributed by atoms with Crippen LogP contribution >= 0.6 is 0 Å². The van der Waals surface area contributed by atoms with Crippen LogP contribution in [0.1, 0.15) is 60.3 Å². The number of hydrogen-bond acceptors (Lipinski definition) is 8. The van der Waals surface area contributed by atoms with Gasteiger partial charge in [0.25, 0.3) is 0 Å². The second-order valence-electron chi connectivity index (χ2n) is 12.3. The molecule has 0 aromatic rings. The maximum atomic E-state index is 13.1. The predicted molar refractivity (Wildman–Crippen MR) is 147 cm³/mol. The highest BCUT2D eigenvalue weighted by Gasteiger charge is 2.56. The molecule has 38 heavy (non-hydrogen) atoms. The van der Waals surface area contributed by atoms with E-state index < -0.39 is 36.0 Å². The van der Waals surface area contributed by atoms with Crippen LogP contribution in [-0.2, 0) is 19.0 Å². The van der Waals surface area contributed by atoms with Crippen molar-refractivity contribution in [3.05, 3.63) is 23.8 Å². The highest BCUT2D eigenvalue weighted by atomic mass is 16.6. The van der Waals surface area contributed by atoms with E-state index >= 15 is 0 Å². The number of fused-ring (bicyclic) bond motifs is 1. The van der Waals surface area contributed by atoms with E-state index in [9.17, 15) is 15.0 Å². The minimum atomic E-state index is -0.810. The third-order valence-electron chi connectivity index (χ3n) is 9.63. The molecule has 0 saturated carbocycles. The van der Waals surface area contributed by atoms with Crippen molar-refractivity contribution in [2.24, 2.45) is 23.7 Å². The van der Waals surface area contributed by atoms with Gasteiger partial charge in [-0.15, -0.1) is 0 Å². The first-order chi connectivity index (χ1) is 18.1. The molecule has 2 saturated heterocycles. The van der Waals surface area contributed by atoms with Crippen LogP contribution in [0.3, 0.4) is 0 Å². The summed E-state index contributed by atoms with van der Waals surface area (Å²) in [5.41, 5.74) is 0.523. The van der Waals surface area contributed by atoms with E-state index in [-0.39, 0.29) is 35.8 Å². The molecular weight excluding hydrogens is 484 g/mol. The fourth-order valence-electron chi connectivity index (χ4n) is 7.15. The molecule has 1 spiro atoms. The van der Waals surface area contributed by atoms with Gasteiger partial charge in [-0.2, -0.15) is 0 Å². The number of carbonyl (C=O) groups is 1. The topological polar surface area (TPSA) is 100 Å². The van der Waals surface area contributed by atoms with Crippen LogP contribution in [0.2, 0.25) is 0 Å². The highest BCUT2D eigenvalue weighted by Crippen LogP contribution is 2.52. The van der Waals surface area contributed by atoms with Gasteiger partial charge in [-0.05, 0) is 71.0 Å². The van der Waals surface area contributed by atoms with Crippen molar-refractivity contribution in [2.75, 3.05) is 33.3 Å². The number of ether oxygens (including phenoxy) is 3. The zero-order valence-electron chi connectivity index (χ0n) is 24.1. The van der Waals surface area contributed by atoms with E-state index in [0.29, 0.717) is 6.42 Å². The lowest BCUT2D eigenvalue weighted by Crippen LogP contribution is -2.52. The summed E-state index contributed by atoms with van der Waals surface area (Å²) >= 11 is 0. The maximum absolute atomic E-state index is 13.1. The van der Waals surface area contributed by atoms with Crippen LogP contribution in [0.4, 0.5) is 0 Å². The molecule has 11 atom stereocenters. The van der Waals surface area contributed by atoms with Crippen LogP contribution in [0, 0.1) is 23.7 Å². The minimum absolute atomic E-state index is 0.00485. The van der Waals surface area contributed by atoms with Gasteiger partial charge in [-0.1, -0.05) is 32.1 Å². The molecule has 3 aliphatic heterocycles. The number of nitrogens with zero attached hydrogens (tertiary/aromatic N) is 1. The van der Waals surface area contributed by atoms with Crippen LogP contribution in [0.25, 0.3) is 0 Å². The zero-order chi connectivity index (χ0) is 27.6. The summed E-state index contributed by atoms with van der Waals surface area (Å²) in [6.07, 6.45) is 7.58. The number of carbonyl (C=O) groups excluding carboxylic acids is 1. The number of cyclic esters (lactones) is 1. The van der Waals surface area contributed by atoms with E-state index in [4.69, 9.17) is 14.2 Å². The summed E-state index contributed by atoms with van der Waals surface area (Å²) in [5, 5.41) is 24.8. The molecule has 8 nitrogen and oxygen atoms in total. The number of nitrogens with one attached hydrogen (secondary N) is 1. The van der Waals surface area contributed by atoms with E-state index in [1.54, 1.807) is 6.92 Å². The third-order valence-corrected chi connectivity index (χ3v) is 9.63. The summed E-state index contributed by atoms with van der Waals surface area (Å²) in [7, 11) is 1.53. The minimum Gasteiger partial charge on any atom is -0.457 e. The maximum Gasteiger partial charge on any atom is 0.335 e. The largest absolute Gasteiger partial charge is 0.457 e. The molecule has 1 unspecified atom stereocenters. The molecule has 3 N–H and O–H groups in total. The van der Waals surface area contributed by atoms with Crippen LogP contribution in [0.5, 0.6) is 0 Å². The lowest BCUT2D eigenvalue weighted by molar-refractivity contribution is -0.171. The molecule has 2 bridgehead atoms. The van der Waals surface area contributed by atoms with Gasteiger partial charge in [-0.3, -0.25) is 0 Å². The van der Waals surface area contributed by atoms with Crippen LogP contribution < -0.4 is 5.32 Å². The molecule has 1 aliphatic carbocycles. The van der Waals surface area contributed by atoms with E-state index in [0.717, 1.165) is 38.2 Å². The molecule has 0 amide bonds. The summed E-state index contributed by atoms with van der Waals surface area (Å²) in [6, 6.07) is -0.0144. The first kappa shape index (κ1) is 29.7. The van der Waals surface area contributed by atoms with Crippen LogP contribution in [-0.4, -0.2) is 96.5 Å². The van der Waals surface area contributed by atoms with Gasteiger partial charge < -0.3 is 34.6 Å². The quantitative estimate of drug-likeness (QED) is 0.307. The van der Waals surface area contributed by atoms with Gasteiger partial charge in [0, 0.05) is 44.0 Å². The van der Waals surface area contributed by atoms with Crippen molar-refractivity contribution < 1.29 is 29.2 Å². The third kappa shape index (κ3) is 6.06. The molecule has 0 radical (unpaired) electrons. The number of aliphatic hydroxyl groups excluding tert-OH is 2. The summed E-state index contributed by atoms with van der Waals surface area (Å²) in [4.78, 5) is 15.6. The number of likely N-dealkylation sites (tertiary alicyclic amines) is 1. The highest BCUT2D eigenvalue weighted by molar-refractivity contribution is 5.75. The molecule has 0 aromatic heterocycles. The van der Waals surface area contributed by atoms with Crippen molar-refractivity contribution in [3.63, 3.8) is 0 Å². The molecule has 216 valence electrons. The molecular formula is C30H50N2O6. The second kappa shape index (κ2) is 12.5. The normalized spacial score (nSPS) is 40.5. The lowest BCUT2D eigenvalue weighted by Gasteiger charge is -2.42. The fraction of sp³-hybridized carbons (Fsp3) is 0.833. The Morgan fingerprint density at radius 1 is 1.18 bits per heavy atom. The molecule has 0 aromatic carbocycles. The standard InChI is InChI=1S/C30H50N2O6/c1-18-15-19(2)30-17-23(9-10-24(30)16-25(36-6)29(35)37-27(18)22(5)34)28(38-30)26(20(3)21(4)33)31-11-14-32-12-7-8-13-32/h9-10,15,18,20-28,31,33-34H,7-8,11-14,16-17H2,1-6H3/b19-15+/t18-,20?,21+,22-,23-,24-,25+,26+,27+,28-,30+/m1/s1. The van der Waals surface area contributed by atoms with Crippen molar-refractivity contribution in [1.82, 2.24) is 10.2 Å². The van der Waals surface area contributed by atoms with Gasteiger partial charge in [0.1, 0.15) is 6.10 Å². The Morgan fingerprint density at radius 2 is 1.89 bits per heavy atom. The van der Waals surface area contributed by atoms with Gasteiger partial charge in [0.2, 0.25) is 0 Å². The first-order valence-corrected chi connectivity index (χ1v) is 14.7. The average molecular weight is 535 g/mol. The predicted octanol–water partition coefficient (Wildman–Crippen LogP) is 2.68. The molecule has 4 aliphatic rings. The Hall–Kier alpha value is -1.29. The Balaban J connectivity index is 1.64. The van der Waals surface area contributed by atoms with E-state index in [2.05, 4.69) is 42.3 Å². The molecule has 2 fully saturated rings. The van der Waals surface area contributed by atoms with Crippen molar-refractivity contribution in [3.8, 4) is 0 Å². The zero-order valence-corrected chi connectivity index (χ0v) is 24.1. The van der Waals surface area contributed by atoms with E-state index in [1.165, 1.54) is 20.0 Å². The second-order valence-corrected chi connectivity index (χ2v) is 12.3. The number of aliphatic hydroxyl groups is 2. The van der Waals surface area contributed by atoms with Gasteiger partial charge in [0.05, 0.1) is 23.9 Å². The van der Waals surface area contributed by atoms with Crippen molar-refractivity contribution in [1.29, 1.82) is 0 Å². The van der Waals surface area contributed by atoms with Crippen molar-refractivity contribution in [2.45, 2.75) is 102 Å². The Kier molecular flexibility index (Phi) is 9.75. The summed E-state index contributed by atoms with van der Waals surface area (Å²) < 4.78 is 18.5. The fourth-order valence-corrected chi connectivity index (χ4v) is 7.15. The number of rotatable bonds is 9. The van der Waals surface area contributed by atoms with E-state index in [1.807, 2.05) is 13.8 Å². The smallest absolute Gasteiger partial charge is 0.335 e. The average Bonchev–Trinajstić information content (AvgIpc) is 3.50. The Morgan fingerprint density at radius 3 is 2.53 bits per heavy atom. The lowest BCUT2D eigenvalue weighted by atomic mass is 9.69.